The van der Waals surface area contributed by atoms with Crippen molar-refractivity contribution in [1.82, 2.24) is 10.2 Å². The zero-order valence-corrected chi connectivity index (χ0v) is 16.8. The summed E-state index contributed by atoms with van der Waals surface area (Å²) in [5.41, 5.74) is 1.32. The van der Waals surface area contributed by atoms with Crippen LogP contribution in [0.3, 0.4) is 0 Å². The monoisotopic (exact) mass is 386 g/mol. The molecule has 1 fully saturated rings. The lowest BCUT2D eigenvalue weighted by molar-refractivity contribution is -0.121. The third-order valence-corrected chi connectivity index (χ3v) is 6.00. The fraction of sp³-hybridized carbons (Fsp3) is 0.500. The maximum atomic E-state index is 12.3. The van der Waals surface area contributed by atoms with Crippen LogP contribution in [0.15, 0.2) is 47.8 Å². The molecule has 0 saturated carbocycles. The van der Waals surface area contributed by atoms with Gasteiger partial charge in [0.2, 0.25) is 5.91 Å². The van der Waals surface area contributed by atoms with E-state index in [1.165, 1.54) is 10.4 Å². The van der Waals surface area contributed by atoms with Gasteiger partial charge in [-0.15, -0.1) is 11.3 Å². The molecular formula is C22H30N2O2S. The van der Waals surface area contributed by atoms with Crippen molar-refractivity contribution in [3.8, 4) is 0 Å². The van der Waals surface area contributed by atoms with Crippen LogP contribution in [0.1, 0.15) is 29.7 Å². The van der Waals surface area contributed by atoms with Gasteiger partial charge >= 0.3 is 0 Å². The van der Waals surface area contributed by atoms with Gasteiger partial charge in [-0.1, -0.05) is 36.4 Å². The van der Waals surface area contributed by atoms with Gasteiger partial charge in [-0.05, 0) is 42.7 Å². The Labute approximate surface area is 166 Å². The smallest absolute Gasteiger partial charge is 0.220 e. The average molecular weight is 387 g/mol. The summed E-state index contributed by atoms with van der Waals surface area (Å²) in [5.74, 6) is 0.174. The second-order valence-electron chi connectivity index (χ2n) is 7.08. The number of nitrogens with zero attached hydrogens (tertiary/aromatic N) is 1. The standard InChI is InChI=1S/C22H30N2O2S/c25-22(11-5-4-9-21-10-6-16-27-21)23-18-20(24-12-14-26-15-13-24)17-19-7-2-1-3-8-19/h1-3,6-8,10,16,20H,4-5,9,11-15,17-18H2,(H,23,25). The summed E-state index contributed by atoms with van der Waals surface area (Å²) < 4.78 is 5.49. The number of rotatable bonds is 10. The molecule has 1 aromatic carbocycles. The Morgan fingerprint density at radius 1 is 1.11 bits per heavy atom. The van der Waals surface area contributed by atoms with Crippen LogP contribution in [-0.4, -0.2) is 49.7 Å². The van der Waals surface area contributed by atoms with Crippen LogP contribution in [0.25, 0.3) is 0 Å². The maximum absolute atomic E-state index is 12.3. The van der Waals surface area contributed by atoms with Crippen molar-refractivity contribution in [3.63, 3.8) is 0 Å². The van der Waals surface area contributed by atoms with Crippen molar-refractivity contribution in [2.45, 2.75) is 38.1 Å². The van der Waals surface area contributed by atoms with Crippen LogP contribution in [0.2, 0.25) is 0 Å². The van der Waals surface area contributed by atoms with E-state index in [0.717, 1.165) is 52.0 Å². The Morgan fingerprint density at radius 2 is 1.93 bits per heavy atom. The highest BCUT2D eigenvalue weighted by atomic mass is 32.1. The number of amides is 1. The first-order valence-electron chi connectivity index (χ1n) is 9.96. The van der Waals surface area contributed by atoms with E-state index in [1.807, 2.05) is 6.07 Å². The largest absolute Gasteiger partial charge is 0.379 e. The fourth-order valence-corrected chi connectivity index (χ4v) is 4.27. The van der Waals surface area contributed by atoms with Gasteiger partial charge in [0.1, 0.15) is 0 Å². The molecular weight excluding hydrogens is 356 g/mol. The highest BCUT2D eigenvalue weighted by molar-refractivity contribution is 7.09. The van der Waals surface area contributed by atoms with Crippen LogP contribution in [-0.2, 0) is 22.4 Å². The predicted octanol–water partition coefficient (Wildman–Crippen LogP) is 3.52. The van der Waals surface area contributed by atoms with Crippen molar-refractivity contribution < 1.29 is 9.53 Å². The van der Waals surface area contributed by atoms with E-state index in [-0.39, 0.29) is 5.91 Å². The van der Waals surface area contributed by atoms with E-state index >= 15 is 0 Å². The minimum atomic E-state index is 0.174. The Morgan fingerprint density at radius 3 is 2.67 bits per heavy atom. The molecule has 1 saturated heterocycles. The summed E-state index contributed by atoms with van der Waals surface area (Å²) in [7, 11) is 0. The minimum absolute atomic E-state index is 0.174. The number of morpholine rings is 1. The molecule has 3 rings (SSSR count). The van der Waals surface area contributed by atoms with Gasteiger partial charge in [0, 0.05) is 37.0 Å². The van der Waals surface area contributed by atoms with E-state index in [2.05, 4.69) is 52.0 Å². The van der Waals surface area contributed by atoms with Crippen LogP contribution >= 0.6 is 11.3 Å². The fourth-order valence-electron chi connectivity index (χ4n) is 3.52. The van der Waals surface area contributed by atoms with Gasteiger partial charge in [0.05, 0.1) is 13.2 Å². The van der Waals surface area contributed by atoms with Crippen molar-refractivity contribution >= 4 is 17.2 Å². The molecule has 2 aromatic rings. The minimum Gasteiger partial charge on any atom is -0.379 e. The molecule has 27 heavy (non-hydrogen) atoms. The first kappa shape index (κ1) is 20.1. The lowest BCUT2D eigenvalue weighted by Gasteiger charge is -2.34. The number of hydrogen-bond acceptors (Lipinski definition) is 4. The summed E-state index contributed by atoms with van der Waals surface area (Å²) >= 11 is 1.80. The average Bonchev–Trinajstić information content (AvgIpc) is 3.23. The highest BCUT2D eigenvalue weighted by Gasteiger charge is 2.21. The molecule has 5 heteroatoms. The van der Waals surface area contributed by atoms with E-state index in [0.29, 0.717) is 19.0 Å². The zero-order chi connectivity index (χ0) is 18.7. The van der Waals surface area contributed by atoms with E-state index in [4.69, 9.17) is 4.74 Å². The van der Waals surface area contributed by atoms with E-state index in [9.17, 15) is 4.79 Å². The number of hydrogen-bond donors (Lipinski definition) is 1. The number of ether oxygens (including phenoxy) is 1. The molecule has 0 spiro atoms. The number of nitrogens with one attached hydrogen (secondary N) is 1. The molecule has 1 atom stereocenters. The van der Waals surface area contributed by atoms with Crippen LogP contribution < -0.4 is 5.32 Å². The Kier molecular flexibility index (Phi) is 8.33. The van der Waals surface area contributed by atoms with Gasteiger partial charge in [0.25, 0.3) is 0 Å². The molecule has 1 aliphatic rings. The molecule has 4 nitrogen and oxygen atoms in total. The lowest BCUT2D eigenvalue weighted by atomic mass is 10.0. The highest BCUT2D eigenvalue weighted by Crippen LogP contribution is 2.13. The number of carbonyl (C=O) groups is 1. The zero-order valence-electron chi connectivity index (χ0n) is 15.9. The van der Waals surface area contributed by atoms with Gasteiger partial charge in [-0.25, -0.2) is 0 Å². The van der Waals surface area contributed by atoms with Crippen LogP contribution in [0, 0.1) is 0 Å². The van der Waals surface area contributed by atoms with Crippen molar-refractivity contribution in [2.24, 2.45) is 0 Å². The summed E-state index contributed by atoms with van der Waals surface area (Å²) in [6.45, 7) is 4.14. The molecule has 0 bridgehead atoms. The second-order valence-corrected chi connectivity index (χ2v) is 8.11. The molecule has 146 valence electrons. The Bertz CT molecular complexity index is 654. The van der Waals surface area contributed by atoms with Gasteiger partial charge in [-0.3, -0.25) is 9.69 Å². The van der Waals surface area contributed by atoms with E-state index in [1.54, 1.807) is 11.3 Å². The molecule has 2 heterocycles. The molecule has 1 amide bonds. The Balaban J connectivity index is 1.42. The predicted molar refractivity (Wildman–Crippen MR) is 111 cm³/mol. The number of aryl methyl sites for hydroxylation is 1. The number of carbonyl (C=O) groups excluding carboxylic acids is 1. The maximum Gasteiger partial charge on any atom is 0.220 e. The van der Waals surface area contributed by atoms with Crippen molar-refractivity contribution in [1.29, 1.82) is 0 Å². The second kappa shape index (κ2) is 11.2. The summed E-state index contributed by atoms with van der Waals surface area (Å²) in [4.78, 5) is 16.2. The normalized spacial score (nSPS) is 16.1. The SMILES string of the molecule is O=C(CCCCc1cccs1)NCC(Cc1ccccc1)N1CCOCC1. The summed E-state index contributed by atoms with van der Waals surface area (Å²) in [6.07, 6.45) is 4.68. The first-order chi connectivity index (χ1) is 13.3. The Hall–Kier alpha value is -1.69. The van der Waals surface area contributed by atoms with E-state index < -0.39 is 0 Å². The molecule has 1 aliphatic heterocycles. The lowest BCUT2D eigenvalue weighted by Crippen LogP contribution is -2.49. The topological polar surface area (TPSA) is 41.6 Å². The van der Waals surface area contributed by atoms with Crippen LogP contribution in [0.5, 0.6) is 0 Å². The van der Waals surface area contributed by atoms with Crippen molar-refractivity contribution in [2.75, 3.05) is 32.8 Å². The first-order valence-corrected chi connectivity index (χ1v) is 10.8. The molecule has 1 aromatic heterocycles. The summed E-state index contributed by atoms with van der Waals surface area (Å²) in [5, 5.41) is 5.29. The van der Waals surface area contributed by atoms with Gasteiger partial charge < -0.3 is 10.1 Å². The van der Waals surface area contributed by atoms with Gasteiger partial charge in [0.15, 0.2) is 0 Å². The van der Waals surface area contributed by atoms with Crippen molar-refractivity contribution in [3.05, 3.63) is 58.3 Å². The third kappa shape index (κ3) is 7.09. The third-order valence-electron chi connectivity index (χ3n) is 5.07. The summed E-state index contributed by atoms with van der Waals surface area (Å²) in [6, 6.07) is 15.1. The van der Waals surface area contributed by atoms with Crippen LogP contribution in [0.4, 0.5) is 0 Å². The number of thiophene rings is 1. The van der Waals surface area contributed by atoms with Gasteiger partial charge in [-0.2, -0.15) is 0 Å². The quantitative estimate of drug-likeness (QED) is 0.635. The molecule has 1 unspecified atom stereocenters. The molecule has 1 N–H and O–H groups in total. The number of unbranched alkanes of at least 4 members (excludes halogenated alkanes) is 1. The molecule has 0 radical (unpaired) electrons. The molecule has 0 aliphatic carbocycles. The number of benzene rings is 1.